The number of para-hydroxylation sites is 1. The molecule has 1 unspecified atom stereocenters. The molecule has 0 saturated heterocycles. The molecule has 0 spiro atoms. The first kappa shape index (κ1) is 21.3. The number of aliphatic carboxylic acids is 1. The zero-order valence-electron chi connectivity index (χ0n) is 17.7. The third-order valence-corrected chi connectivity index (χ3v) is 5.78. The van der Waals surface area contributed by atoms with Crippen molar-refractivity contribution in [2.45, 2.75) is 32.6 Å². The number of hydrogen-bond donors (Lipinski definition) is 1. The van der Waals surface area contributed by atoms with E-state index in [1.807, 2.05) is 42.5 Å². The van der Waals surface area contributed by atoms with Gasteiger partial charge in [-0.15, -0.1) is 0 Å². The Bertz CT molecular complexity index is 833. The molecule has 0 bridgehead atoms. The Kier molecular flexibility index (Phi) is 7.29. The number of fused-ring (bicyclic) bond motifs is 2. The number of rotatable bonds is 10. The van der Waals surface area contributed by atoms with Gasteiger partial charge in [-0.3, -0.25) is 4.79 Å². The molecule has 0 fully saturated rings. The molecule has 5 heteroatoms. The van der Waals surface area contributed by atoms with E-state index in [-0.39, 0.29) is 0 Å². The normalized spacial score (nSPS) is 15.1. The smallest absolute Gasteiger partial charge is 0.315 e. The predicted molar refractivity (Wildman–Crippen MR) is 116 cm³/mol. The quantitative estimate of drug-likeness (QED) is 0.652. The molecule has 0 saturated carbocycles. The average molecular weight is 397 g/mol. The van der Waals surface area contributed by atoms with Crippen LogP contribution in [0.5, 0.6) is 11.5 Å². The minimum Gasteiger partial charge on any atom is -0.481 e. The summed E-state index contributed by atoms with van der Waals surface area (Å²) in [4.78, 5) is 16.7. The van der Waals surface area contributed by atoms with Crippen LogP contribution in [0.2, 0.25) is 0 Å². The van der Waals surface area contributed by atoms with E-state index in [0.29, 0.717) is 11.5 Å². The zero-order valence-corrected chi connectivity index (χ0v) is 17.7. The van der Waals surface area contributed by atoms with E-state index in [0.717, 1.165) is 56.7 Å². The molecule has 156 valence electrons. The minimum atomic E-state index is -0.843. The lowest BCUT2D eigenvalue weighted by atomic mass is 9.87. The number of benzene rings is 2. The second-order valence-electron chi connectivity index (χ2n) is 7.72. The highest BCUT2D eigenvalue weighted by Gasteiger charge is 2.32. The maximum atomic E-state index is 11.9. The fourth-order valence-electron chi connectivity index (χ4n) is 3.94. The van der Waals surface area contributed by atoms with Crippen molar-refractivity contribution in [2.24, 2.45) is 0 Å². The third-order valence-electron chi connectivity index (χ3n) is 5.78. The maximum absolute atomic E-state index is 11.9. The van der Waals surface area contributed by atoms with Gasteiger partial charge >= 0.3 is 5.97 Å². The van der Waals surface area contributed by atoms with E-state index in [4.69, 9.17) is 4.74 Å². The second-order valence-corrected chi connectivity index (χ2v) is 7.72. The van der Waals surface area contributed by atoms with Crippen LogP contribution in [-0.2, 0) is 11.2 Å². The summed E-state index contributed by atoms with van der Waals surface area (Å²) in [6.45, 7) is 9.82. The number of carbonyl (C=O) groups is 1. The molecule has 0 radical (unpaired) electrons. The van der Waals surface area contributed by atoms with Gasteiger partial charge in [0.15, 0.2) is 0 Å². The summed E-state index contributed by atoms with van der Waals surface area (Å²) in [6.07, 6.45) is 2.01. The number of carboxylic acid groups (broad SMARTS) is 1. The van der Waals surface area contributed by atoms with Crippen molar-refractivity contribution in [1.29, 1.82) is 0 Å². The lowest BCUT2D eigenvalue weighted by Gasteiger charge is -2.26. The molecular formula is C24H32N2O3. The molecule has 0 aromatic heterocycles. The Morgan fingerprint density at radius 1 is 1.00 bits per heavy atom. The maximum Gasteiger partial charge on any atom is 0.315 e. The Hall–Kier alpha value is -2.37. The van der Waals surface area contributed by atoms with E-state index in [1.165, 1.54) is 5.56 Å². The predicted octanol–water partition coefficient (Wildman–Crippen LogP) is 4.22. The van der Waals surface area contributed by atoms with E-state index < -0.39 is 11.9 Å². The van der Waals surface area contributed by atoms with Gasteiger partial charge < -0.3 is 19.6 Å². The number of nitrogens with zero attached hydrogens (tertiary/aromatic N) is 2. The average Bonchev–Trinajstić information content (AvgIpc) is 2.72. The first-order chi connectivity index (χ1) is 14.0. The molecule has 5 nitrogen and oxygen atoms in total. The highest BCUT2D eigenvalue weighted by atomic mass is 16.5. The summed E-state index contributed by atoms with van der Waals surface area (Å²) < 4.78 is 6.04. The van der Waals surface area contributed by atoms with Crippen LogP contribution in [-0.4, -0.2) is 60.6 Å². The van der Waals surface area contributed by atoms with Crippen LogP contribution in [0, 0.1) is 0 Å². The summed E-state index contributed by atoms with van der Waals surface area (Å²) in [5, 5.41) is 9.76. The van der Waals surface area contributed by atoms with E-state index >= 15 is 0 Å². The SMILES string of the molecule is CCN(CC)CCN(C)CCCc1ccc2c(c1)Oc1ccccc1C2C(=O)O. The summed E-state index contributed by atoms with van der Waals surface area (Å²) in [5.74, 6) is -0.205. The van der Waals surface area contributed by atoms with Gasteiger partial charge in [-0.05, 0) is 57.2 Å². The molecule has 1 aliphatic heterocycles. The molecule has 1 atom stereocenters. The fraction of sp³-hybridized carbons (Fsp3) is 0.458. The van der Waals surface area contributed by atoms with Crippen LogP contribution < -0.4 is 4.74 Å². The highest BCUT2D eigenvalue weighted by Crippen LogP contribution is 2.44. The fourth-order valence-corrected chi connectivity index (χ4v) is 3.94. The van der Waals surface area contributed by atoms with Crippen molar-refractivity contribution in [3.8, 4) is 11.5 Å². The lowest BCUT2D eigenvalue weighted by molar-refractivity contribution is -0.137. The van der Waals surface area contributed by atoms with Crippen LogP contribution >= 0.6 is 0 Å². The number of hydrogen-bond acceptors (Lipinski definition) is 4. The van der Waals surface area contributed by atoms with Crippen molar-refractivity contribution >= 4 is 5.97 Å². The molecule has 2 aromatic carbocycles. The molecule has 0 aliphatic carbocycles. The van der Waals surface area contributed by atoms with E-state index in [1.54, 1.807) is 0 Å². The van der Waals surface area contributed by atoms with Crippen molar-refractivity contribution in [3.05, 3.63) is 59.2 Å². The molecule has 3 rings (SSSR count). The first-order valence-corrected chi connectivity index (χ1v) is 10.6. The van der Waals surface area contributed by atoms with Crippen molar-refractivity contribution in [2.75, 3.05) is 39.8 Å². The van der Waals surface area contributed by atoms with Crippen LogP contribution in [0.1, 0.15) is 42.9 Å². The Morgan fingerprint density at radius 2 is 1.72 bits per heavy atom. The zero-order chi connectivity index (χ0) is 20.8. The molecule has 2 aromatic rings. The van der Waals surface area contributed by atoms with Gasteiger partial charge in [-0.2, -0.15) is 0 Å². The second kappa shape index (κ2) is 9.90. The Labute approximate surface area is 173 Å². The molecule has 0 amide bonds. The molecule has 29 heavy (non-hydrogen) atoms. The lowest BCUT2D eigenvalue weighted by Crippen LogP contribution is -2.33. The number of carboxylic acids is 1. The molecule has 1 heterocycles. The third kappa shape index (κ3) is 5.17. The van der Waals surface area contributed by atoms with Crippen LogP contribution in [0.4, 0.5) is 0 Å². The summed E-state index contributed by atoms with van der Waals surface area (Å²) >= 11 is 0. The van der Waals surface area contributed by atoms with Gasteiger partial charge in [0.25, 0.3) is 0 Å². The number of ether oxygens (including phenoxy) is 1. The number of likely N-dealkylation sites (N-methyl/N-ethyl adjacent to an activating group) is 2. The van der Waals surface area contributed by atoms with Crippen LogP contribution in [0.3, 0.4) is 0 Å². The van der Waals surface area contributed by atoms with Gasteiger partial charge in [0.05, 0.1) is 0 Å². The van der Waals surface area contributed by atoms with E-state index in [2.05, 4.69) is 30.7 Å². The standard InChI is InChI=1S/C24H32N2O3/c1-4-26(5-2)16-15-25(3)14-8-9-18-12-13-20-22(17-18)29-21-11-7-6-10-19(21)23(20)24(27)28/h6-7,10-13,17,23H,4-5,8-9,14-16H2,1-3H3,(H,27,28). The van der Waals surface area contributed by atoms with Gasteiger partial charge in [0.2, 0.25) is 0 Å². The minimum absolute atomic E-state index is 0.640. The molecule has 1 N–H and O–H groups in total. The first-order valence-electron chi connectivity index (χ1n) is 10.6. The van der Waals surface area contributed by atoms with E-state index in [9.17, 15) is 9.90 Å². The summed E-state index contributed by atoms with van der Waals surface area (Å²) in [7, 11) is 2.17. The Balaban J connectivity index is 1.61. The number of aryl methyl sites for hydroxylation is 1. The summed E-state index contributed by atoms with van der Waals surface area (Å²) in [6, 6.07) is 13.4. The highest BCUT2D eigenvalue weighted by molar-refractivity contribution is 5.83. The van der Waals surface area contributed by atoms with Crippen molar-refractivity contribution in [3.63, 3.8) is 0 Å². The van der Waals surface area contributed by atoms with Crippen LogP contribution in [0.15, 0.2) is 42.5 Å². The van der Waals surface area contributed by atoms with Crippen molar-refractivity contribution in [1.82, 2.24) is 9.80 Å². The molecule has 1 aliphatic rings. The van der Waals surface area contributed by atoms with Gasteiger partial charge in [-0.25, -0.2) is 0 Å². The largest absolute Gasteiger partial charge is 0.481 e. The van der Waals surface area contributed by atoms with Gasteiger partial charge in [-0.1, -0.05) is 44.2 Å². The topological polar surface area (TPSA) is 53.0 Å². The van der Waals surface area contributed by atoms with Gasteiger partial charge in [0.1, 0.15) is 17.4 Å². The van der Waals surface area contributed by atoms with Crippen LogP contribution in [0.25, 0.3) is 0 Å². The molecular weight excluding hydrogens is 364 g/mol. The Morgan fingerprint density at radius 3 is 2.45 bits per heavy atom. The monoisotopic (exact) mass is 396 g/mol. The summed E-state index contributed by atoms with van der Waals surface area (Å²) in [5.41, 5.74) is 2.63. The van der Waals surface area contributed by atoms with Gasteiger partial charge in [0, 0.05) is 24.2 Å². The van der Waals surface area contributed by atoms with Crippen molar-refractivity contribution < 1.29 is 14.6 Å².